The van der Waals surface area contributed by atoms with Crippen LogP contribution in [-0.2, 0) is 11.2 Å². The molecule has 0 spiro atoms. The maximum atomic E-state index is 12.6. The number of halogens is 1. The average Bonchev–Trinajstić information content (AvgIpc) is 2.65. The molecule has 0 radical (unpaired) electrons. The van der Waals surface area contributed by atoms with Crippen molar-refractivity contribution in [3.63, 3.8) is 0 Å². The number of anilines is 2. The van der Waals surface area contributed by atoms with Gasteiger partial charge >= 0.3 is 0 Å². The van der Waals surface area contributed by atoms with Crippen LogP contribution in [0.3, 0.4) is 0 Å². The van der Waals surface area contributed by atoms with Crippen molar-refractivity contribution in [1.29, 1.82) is 0 Å². The highest BCUT2D eigenvalue weighted by Gasteiger charge is 2.13. The van der Waals surface area contributed by atoms with Crippen molar-refractivity contribution in [2.75, 3.05) is 25.1 Å². The zero-order chi connectivity index (χ0) is 18.8. The number of Topliss-reactive ketones (excluding diaryl/α,β-unsaturated/α-hetero) is 1. The molecule has 0 saturated heterocycles. The molecule has 2 aromatic rings. The van der Waals surface area contributed by atoms with Crippen molar-refractivity contribution in [3.05, 3.63) is 58.6 Å². The van der Waals surface area contributed by atoms with Crippen LogP contribution in [0.5, 0.6) is 0 Å². The van der Waals surface area contributed by atoms with Gasteiger partial charge < -0.3 is 15.2 Å². The van der Waals surface area contributed by atoms with Gasteiger partial charge in [0.25, 0.3) is 0 Å². The Kier molecular flexibility index (Phi) is 8.62. The molecular weight excluding hydrogens is 350 g/mol. The number of carbonyl (C=O) groups is 1. The normalized spacial score (nSPS) is 10.7. The molecule has 0 fully saturated rings. The van der Waals surface area contributed by atoms with Crippen molar-refractivity contribution >= 4 is 28.8 Å². The standard InChI is InChI=1S/C21H26ClNO3/c1-2-16-18(22)9-7-11-19(16)23-20-10-4-3-8-17(20)21(25)12-5-6-14-26-15-13-24/h3-4,7-11,23-24H,2,5-6,12-15H2,1H3. The van der Waals surface area contributed by atoms with E-state index >= 15 is 0 Å². The molecule has 0 unspecified atom stereocenters. The molecule has 2 aromatic carbocycles. The molecule has 0 aromatic heterocycles. The quantitative estimate of drug-likeness (QED) is 0.428. The summed E-state index contributed by atoms with van der Waals surface area (Å²) in [6.45, 7) is 3.00. The summed E-state index contributed by atoms with van der Waals surface area (Å²) in [7, 11) is 0. The SMILES string of the molecule is CCc1c(Cl)cccc1Nc1ccccc1C(=O)CCCCOCCO. The summed E-state index contributed by atoms with van der Waals surface area (Å²) in [5, 5.41) is 12.8. The van der Waals surface area contributed by atoms with Gasteiger partial charge in [-0.1, -0.05) is 36.7 Å². The number of aliphatic hydroxyl groups is 1. The first-order valence-corrected chi connectivity index (χ1v) is 9.40. The van der Waals surface area contributed by atoms with Gasteiger partial charge in [-0.15, -0.1) is 0 Å². The van der Waals surface area contributed by atoms with Crippen LogP contribution in [0.2, 0.25) is 5.02 Å². The summed E-state index contributed by atoms with van der Waals surface area (Å²) in [6.07, 6.45) is 2.84. The summed E-state index contributed by atoms with van der Waals surface area (Å²) in [5.41, 5.74) is 3.45. The fourth-order valence-corrected chi connectivity index (χ4v) is 3.11. The van der Waals surface area contributed by atoms with E-state index in [-0.39, 0.29) is 12.4 Å². The van der Waals surface area contributed by atoms with Crippen LogP contribution < -0.4 is 5.32 Å². The van der Waals surface area contributed by atoms with Gasteiger partial charge in [-0.3, -0.25) is 4.79 Å². The predicted molar refractivity (Wildman–Crippen MR) is 107 cm³/mol. The van der Waals surface area contributed by atoms with Gasteiger partial charge in [0.05, 0.1) is 13.2 Å². The van der Waals surface area contributed by atoms with Crippen molar-refractivity contribution in [2.45, 2.75) is 32.6 Å². The van der Waals surface area contributed by atoms with Crippen molar-refractivity contribution in [1.82, 2.24) is 0 Å². The summed E-state index contributed by atoms with van der Waals surface area (Å²) in [4.78, 5) is 12.6. The number of ether oxygens (including phenoxy) is 1. The Bertz CT molecular complexity index is 718. The van der Waals surface area contributed by atoms with E-state index in [0.717, 1.165) is 41.2 Å². The van der Waals surface area contributed by atoms with Gasteiger partial charge in [-0.25, -0.2) is 0 Å². The van der Waals surface area contributed by atoms with E-state index in [9.17, 15) is 4.79 Å². The number of hydrogen-bond donors (Lipinski definition) is 2. The highest BCUT2D eigenvalue weighted by atomic mass is 35.5. The molecule has 0 aliphatic carbocycles. The minimum Gasteiger partial charge on any atom is -0.394 e. The molecule has 0 aliphatic heterocycles. The number of carbonyl (C=O) groups excluding carboxylic acids is 1. The summed E-state index contributed by atoms with van der Waals surface area (Å²) >= 11 is 6.28. The first-order valence-electron chi connectivity index (χ1n) is 9.02. The van der Waals surface area contributed by atoms with Crippen molar-refractivity contribution in [2.24, 2.45) is 0 Å². The van der Waals surface area contributed by atoms with Gasteiger partial charge in [0.2, 0.25) is 0 Å². The molecule has 4 nitrogen and oxygen atoms in total. The van der Waals surface area contributed by atoms with Crippen LogP contribution in [0.15, 0.2) is 42.5 Å². The van der Waals surface area contributed by atoms with Crippen molar-refractivity contribution in [3.8, 4) is 0 Å². The van der Waals surface area contributed by atoms with Crippen LogP contribution in [-0.4, -0.2) is 30.7 Å². The Morgan fingerprint density at radius 1 is 1.08 bits per heavy atom. The average molecular weight is 376 g/mol. The molecule has 2 N–H and O–H groups in total. The lowest BCUT2D eigenvalue weighted by atomic mass is 10.0. The lowest BCUT2D eigenvalue weighted by Gasteiger charge is -2.15. The third-order valence-corrected chi connectivity index (χ3v) is 4.50. The predicted octanol–water partition coefficient (Wildman–Crippen LogP) is 5.01. The number of nitrogens with one attached hydrogen (secondary N) is 1. The number of aliphatic hydroxyl groups excluding tert-OH is 1. The number of unbranched alkanes of at least 4 members (excludes halogenated alkanes) is 1. The van der Waals surface area contributed by atoms with Crippen LogP contribution >= 0.6 is 11.6 Å². The topological polar surface area (TPSA) is 58.6 Å². The minimum atomic E-state index is 0.0290. The molecule has 5 heteroatoms. The van der Waals surface area contributed by atoms with E-state index in [0.29, 0.717) is 25.2 Å². The van der Waals surface area contributed by atoms with E-state index in [1.54, 1.807) is 0 Å². The fourth-order valence-electron chi connectivity index (χ4n) is 2.81. The number of rotatable bonds is 11. The molecule has 26 heavy (non-hydrogen) atoms. The van der Waals surface area contributed by atoms with Crippen molar-refractivity contribution < 1.29 is 14.6 Å². The van der Waals surface area contributed by atoms with Crippen LogP contribution in [0.25, 0.3) is 0 Å². The Labute approximate surface area is 160 Å². The third-order valence-electron chi connectivity index (χ3n) is 4.15. The van der Waals surface area contributed by atoms with Gasteiger partial charge in [0.1, 0.15) is 0 Å². The Morgan fingerprint density at radius 3 is 2.62 bits per heavy atom. The first-order chi connectivity index (χ1) is 12.7. The fraction of sp³-hybridized carbons (Fsp3) is 0.381. The van der Waals surface area contributed by atoms with E-state index in [2.05, 4.69) is 12.2 Å². The Balaban J connectivity index is 2.03. The van der Waals surface area contributed by atoms with E-state index in [4.69, 9.17) is 21.4 Å². The number of para-hydroxylation sites is 1. The molecular formula is C21H26ClNO3. The lowest BCUT2D eigenvalue weighted by Crippen LogP contribution is -2.06. The number of benzene rings is 2. The second-order valence-corrected chi connectivity index (χ2v) is 6.41. The van der Waals surface area contributed by atoms with Gasteiger partial charge in [0.15, 0.2) is 5.78 Å². The highest BCUT2D eigenvalue weighted by molar-refractivity contribution is 6.31. The van der Waals surface area contributed by atoms with Gasteiger partial charge in [-0.05, 0) is 49.1 Å². The summed E-state index contributed by atoms with van der Waals surface area (Å²) in [6, 6.07) is 13.3. The van der Waals surface area contributed by atoms with E-state index in [1.165, 1.54) is 0 Å². The largest absolute Gasteiger partial charge is 0.394 e. The maximum absolute atomic E-state index is 12.6. The third kappa shape index (κ3) is 5.84. The lowest BCUT2D eigenvalue weighted by molar-refractivity contribution is 0.0869. The molecule has 140 valence electrons. The highest BCUT2D eigenvalue weighted by Crippen LogP contribution is 2.29. The maximum Gasteiger partial charge on any atom is 0.164 e. The summed E-state index contributed by atoms with van der Waals surface area (Å²) < 4.78 is 5.22. The second-order valence-electron chi connectivity index (χ2n) is 6.01. The van der Waals surface area contributed by atoms with Gasteiger partial charge in [-0.2, -0.15) is 0 Å². The van der Waals surface area contributed by atoms with Crippen LogP contribution in [0.1, 0.15) is 42.1 Å². The number of hydrogen-bond acceptors (Lipinski definition) is 4. The van der Waals surface area contributed by atoms with Crippen LogP contribution in [0.4, 0.5) is 11.4 Å². The zero-order valence-electron chi connectivity index (χ0n) is 15.1. The monoisotopic (exact) mass is 375 g/mol. The van der Waals surface area contributed by atoms with E-state index < -0.39 is 0 Å². The first kappa shape index (κ1) is 20.4. The van der Waals surface area contributed by atoms with E-state index in [1.807, 2.05) is 42.5 Å². The molecule has 0 heterocycles. The smallest absolute Gasteiger partial charge is 0.164 e. The second kappa shape index (κ2) is 11.0. The van der Waals surface area contributed by atoms with Crippen LogP contribution in [0, 0.1) is 0 Å². The molecule has 2 rings (SSSR count). The molecule has 0 aliphatic rings. The molecule has 0 atom stereocenters. The summed E-state index contributed by atoms with van der Waals surface area (Å²) in [5.74, 6) is 0.107. The molecule has 0 bridgehead atoms. The molecule has 0 saturated carbocycles. The minimum absolute atomic E-state index is 0.0290. The zero-order valence-corrected chi connectivity index (χ0v) is 15.9. The number of ketones is 1. The van der Waals surface area contributed by atoms with Gasteiger partial charge in [0, 0.05) is 35.0 Å². The molecule has 0 amide bonds. The Hall–Kier alpha value is -1.88. The Morgan fingerprint density at radius 2 is 1.85 bits per heavy atom.